The first kappa shape index (κ1) is 16.2. The van der Waals surface area contributed by atoms with Crippen molar-refractivity contribution < 1.29 is 0 Å². The van der Waals surface area contributed by atoms with E-state index in [9.17, 15) is 0 Å². The first-order valence-electron chi connectivity index (χ1n) is 7.66. The van der Waals surface area contributed by atoms with Crippen LogP contribution in [0.5, 0.6) is 0 Å². The number of hydrazine groups is 1. The van der Waals surface area contributed by atoms with Gasteiger partial charge in [0.15, 0.2) is 0 Å². The summed E-state index contributed by atoms with van der Waals surface area (Å²) in [5, 5.41) is 0. The van der Waals surface area contributed by atoms with Gasteiger partial charge in [-0.15, -0.1) is 0 Å². The van der Waals surface area contributed by atoms with E-state index in [2.05, 4.69) is 63.5 Å². The van der Waals surface area contributed by atoms with Gasteiger partial charge in [0, 0.05) is 12.0 Å². The quantitative estimate of drug-likeness (QED) is 0.547. The number of nitrogens with two attached hydrogens (primary N) is 1. The van der Waals surface area contributed by atoms with Crippen LogP contribution >= 0.6 is 0 Å². The maximum atomic E-state index is 5.88. The molecule has 0 bridgehead atoms. The average molecular weight is 262 g/mol. The van der Waals surface area contributed by atoms with Crippen molar-refractivity contribution in [1.29, 1.82) is 0 Å². The molecular formula is C17H30N2. The Kier molecular flexibility index (Phi) is 7.11. The van der Waals surface area contributed by atoms with Gasteiger partial charge < -0.3 is 0 Å². The lowest BCUT2D eigenvalue weighted by Crippen LogP contribution is -2.46. The molecule has 0 aliphatic carbocycles. The second-order valence-corrected chi connectivity index (χ2v) is 5.78. The highest BCUT2D eigenvalue weighted by Gasteiger charge is 2.30. The Hall–Kier alpha value is -0.860. The van der Waals surface area contributed by atoms with Gasteiger partial charge in [-0.2, -0.15) is 0 Å². The van der Waals surface area contributed by atoms with Crippen LogP contribution in [-0.2, 0) is 0 Å². The molecule has 2 nitrogen and oxygen atoms in total. The van der Waals surface area contributed by atoms with Crippen molar-refractivity contribution in [3.63, 3.8) is 0 Å². The van der Waals surface area contributed by atoms with Gasteiger partial charge in [0.2, 0.25) is 0 Å². The van der Waals surface area contributed by atoms with Crippen LogP contribution in [0.3, 0.4) is 0 Å². The zero-order valence-electron chi connectivity index (χ0n) is 12.9. The van der Waals surface area contributed by atoms with Crippen molar-refractivity contribution in [3.05, 3.63) is 35.9 Å². The summed E-state index contributed by atoms with van der Waals surface area (Å²) in [7, 11) is 0. The van der Waals surface area contributed by atoms with Crippen molar-refractivity contribution in [2.24, 2.45) is 17.7 Å². The summed E-state index contributed by atoms with van der Waals surface area (Å²) in [5.74, 6) is 7.59. The lowest BCUT2D eigenvalue weighted by Gasteiger charge is -2.35. The Labute approximate surface area is 118 Å². The molecule has 0 amide bonds. The number of hydrogen-bond acceptors (Lipinski definition) is 2. The van der Waals surface area contributed by atoms with Crippen LogP contribution in [0.4, 0.5) is 0 Å². The maximum absolute atomic E-state index is 5.88. The van der Waals surface area contributed by atoms with Gasteiger partial charge in [0.05, 0.1) is 0 Å². The van der Waals surface area contributed by atoms with Gasteiger partial charge in [-0.05, 0) is 23.8 Å². The van der Waals surface area contributed by atoms with Gasteiger partial charge in [-0.1, -0.05) is 70.9 Å². The van der Waals surface area contributed by atoms with Crippen LogP contribution in [0.1, 0.15) is 58.4 Å². The number of nitrogens with one attached hydrogen (secondary N) is 1. The van der Waals surface area contributed by atoms with Gasteiger partial charge in [-0.3, -0.25) is 11.3 Å². The highest BCUT2D eigenvalue weighted by molar-refractivity contribution is 5.22. The van der Waals surface area contributed by atoms with E-state index >= 15 is 0 Å². The molecule has 0 aliphatic heterocycles. The molecule has 0 saturated heterocycles. The van der Waals surface area contributed by atoms with Crippen LogP contribution in [0.25, 0.3) is 0 Å². The van der Waals surface area contributed by atoms with Gasteiger partial charge in [-0.25, -0.2) is 0 Å². The minimum Gasteiger partial charge on any atom is -0.271 e. The van der Waals surface area contributed by atoms with Gasteiger partial charge in [0.25, 0.3) is 0 Å². The first-order chi connectivity index (χ1) is 9.15. The second kappa shape index (κ2) is 8.34. The molecule has 0 aromatic heterocycles. The Morgan fingerprint density at radius 2 is 1.68 bits per heavy atom. The number of hydrogen-bond donors (Lipinski definition) is 2. The predicted molar refractivity (Wildman–Crippen MR) is 83.8 cm³/mol. The normalized spacial score (nSPS) is 17.7. The third kappa shape index (κ3) is 4.32. The fourth-order valence-corrected chi connectivity index (χ4v) is 3.08. The van der Waals surface area contributed by atoms with Crippen LogP contribution in [0.15, 0.2) is 30.3 Å². The molecule has 2 heteroatoms. The van der Waals surface area contributed by atoms with E-state index in [-0.39, 0.29) is 0 Å². The minimum atomic E-state index is 0.345. The van der Waals surface area contributed by atoms with Crippen molar-refractivity contribution in [3.8, 4) is 0 Å². The van der Waals surface area contributed by atoms with Gasteiger partial charge in [0.1, 0.15) is 0 Å². The molecule has 3 N–H and O–H groups in total. The van der Waals surface area contributed by atoms with E-state index in [1.165, 1.54) is 24.8 Å². The van der Waals surface area contributed by atoms with E-state index < -0.39 is 0 Å². The molecule has 0 aliphatic rings. The fourth-order valence-electron chi connectivity index (χ4n) is 3.08. The Balaban J connectivity index is 3.01. The van der Waals surface area contributed by atoms with Crippen LogP contribution in [0, 0.1) is 11.8 Å². The largest absolute Gasteiger partial charge is 0.271 e. The predicted octanol–water partition coefficient (Wildman–Crippen LogP) is 4.08. The highest BCUT2D eigenvalue weighted by atomic mass is 15.2. The minimum absolute atomic E-state index is 0.345. The molecule has 4 unspecified atom stereocenters. The van der Waals surface area contributed by atoms with Gasteiger partial charge >= 0.3 is 0 Å². The zero-order chi connectivity index (χ0) is 14.3. The Morgan fingerprint density at radius 3 is 2.16 bits per heavy atom. The lowest BCUT2D eigenvalue weighted by atomic mass is 9.75. The molecule has 0 heterocycles. The molecule has 108 valence electrons. The third-order valence-corrected chi connectivity index (χ3v) is 4.38. The summed E-state index contributed by atoms with van der Waals surface area (Å²) in [6.07, 6.45) is 3.60. The summed E-state index contributed by atoms with van der Waals surface area (Å²) in [6.45, 7) is 9.15. The van der Waals surface area contributed by atoms with Crippen molar-refractivity contribution in [2.75, 3.05) is 0 Å². The smallest absolute Gasteiger partial charge is 0.0307 e. The Bertz CT molecular complexity index is 336. The molecule has 0 fully saturated rings. The zero-order valence-corrected chi connectivity index (χ0v) is 12.9. The lowest BCUT2D eigenvalue weighted by molar-refractivity contribution is 0.257. The van der Waals surface area contributed by atoms with Crippen molar-refractivity contribution in [2.45, 2.75) is 58.9 Å². The Morgan fingerprint density at radius 1 is 1.05 bits per heavy atom. The molecule has 1 rings (SSSR count). The van der Waals surface area contributed by atoms with E-state index in [4.69, 9.17) is 5.84 Å². The SMILES string of the molecule is CCCC(C)C(NN)C(c1ccccc1)C(C)CC. The standard InChI is InChI=1S/C17H30N2/c1-5-10-14(4)17(19-18)16(13(3)6-2)15-11-8-7-9-12-15/h7-9,11-14,16-17,19H,5-6,10,18H2,1-4H3. The van der Waals surface area contributed by atoms with E-state index in [1.807, 2.05) is 0 Å². The van der Waals surface area contributed by atoms with E-state index in [0.29, 0.717) is 23.8 Å². The van der Waals surface area contributed by atoms with Crippen LogP contribution in [-0.4, -0.2) is 6.04 Å². The molecule has 1 aromatic rings. The first-order valence-corrected chi connectivity index (χ1v) is 7.66. The number of rotatable bonds is 8. The molecule has 19 heavy (non-hydrogen) atoms. The summed E-state index contributed by atoms with van der Waals surface area (Å²) in [5.41, 5.74) is 4.51. The molecule has 0 spiro atoms. The summed E-state index contributed by atoms with van der Waals surface area (Å²) < 4.78 is 0. The van der Waals surface area contributed by atoms with Crippen molar-refractivity contribution in [1.82, 2.24) is 5.43 Å². The summed E-state index contributed by atoms with van der Waals surface area (Å²) >= 11 is 0. The molecule has 4 atom stereocenters. The molecule has 1 aromatic carbocycles. The molecule has 0 saturated carbocycles. The summed E-state index contributed by atoms with van der Waals surface area (Å²) in [4.78, 5) is 0. The molecular weight excluding hydrogens is 232 g/mol. The summed E-state index contributed by atoms with van der Waals surface area (Å²) in [6, 6.07) is 11.2. The topological polar surface area (TPSA) is 38.0 Å². The van der Waals surface area contributed by atoms with E-state index in [0.717, 1.165) is 0 Å². The fraction of sp³-hybridized carbons (Fsp3) is 0.647. The highest BCUT2D eigenvalue weighted by Crippen LogP contribution is 2.34. The van der Waals surface area contributed by atoms with Crippen molar-refractivity contribution >= 4 is 0 Å². The average Bonchev–Trinajstić information content (AvgIpc) is 2.44. The number of benzene rings is 1. The third-order valence-electron chi connectivity index (χ3n) is 4.38. The maximum Gasteiger partial charge on any atom is 0.0307 e. The van der Waals surface area contributed by atoms with Crippen LogP contribution < -0.4 is 11.3 Å². The second-order valence-electron chi connectivity index (χ2n) is 5.78. The van der Waals surface area contributed by atoms with Crippen LogP contribution in [0.2, 0.25) is 0 Å². The van der Waals surface area contributed by atoms with E-state index in [1.54, 1.807) is 0 Å². The monoisotopic (exact) mass is 262 g/mol. The molecule has 0 radical (unpaired) electrons.